The number of aryl methyl sites for hydroxylation is 1. The first-order valence-electron chi connectivity index (χ1n) is 18.7. The Balaban J connectivity index is 1.34. The van der Waals surface area contributed by atoms with Crippen molar-refractivity contribution in [3.8, 4) is 0 Å². The van der Waals surface area contributed by atoms with Gasteiger partial charge >= 0.3 is 6.61 Å². The van der Waals surface area contributed by atoms with E-state index in [-0.39, 0.29) is 38.2 Å². The summed E-state index contributed by atoms with van der Waals surface area (Å²) in [6, 6.07) is 21.9. The van der Waals surface area contributed by atoms with Crippen molar-refractivity contribution in [3.63, 3.8) is 0 Å². The van der Waals surface area contributed by atoms with Crippen LogP contribution >= 0.6 is 0 Å². The van der Waals surface area contributed by atoms with Crippen molar-refractivity contribution in [3.05, 3.63) is 108 Å². The first-order valence-corrected chi connectivity index (χ1v) is 18.7. The van der Waals surface area contributed by atoms with E-state index >= 15 is 0 Å². The van der Waals surface area contributed by atoms with Gasteiger partial charge in [-0.3, -0.25) is 28.9 Å². The van der Waals surface area contributed by atoms with Crippen LogP contribution in [0.4, 0.5) is 8.78 Å². The van der Waals surface area contributed by atoms with Crippen LogP contribution in [0.1, 0.15) is 30.0 Å². The van der Waals surface area contributed by atoms with Crippen molar-refractivity contribution in [2.45, 2.75) is 69.0 Å². The van der Waals surface area contributed by atoms with Crippen molar-refractivity contribution < 1.29 is 47.0 Å². The van der Waals surface area contributed by atoms with E-state index in [1.165, 1.54) is 0 Å². The number of Topliss-reactive ketones (excluding diaryl/α,β-unsaturated/α-hetero) is 1. The molecule has 5 rings (SSSR count). The smallest absolute Gasteiger partial charge is 0.345 e. The highest BCUT2D eigenvalue weighted by Gasteiger charge is 2.50. The zero-order chi connectivity index (χ0) is 39.9. The largest absolute Gasteiger partial charge is 0.379 e. The Morgan fingerprint density at radius 1 is 0.696 bits per heavy atom. The molecule has 0 bridgehead atoms. The van der Waals surface area contributed by atoms with Gasteiger partial charge < -0.3 is 35.5 Å². The number of nitrogens with one attached hydrogen (secondary N) is 4. The summed E-state index contributed by atoms with van der Waals surface area (Å²) in [4.78, 5) is 70.4. The molecule has 3 aromatic carbocycles. The zero-order valence-corrected chi connectivity index (χ0v) is 31.3. The van der Waals surface area contributed by atoms with E-state index in [9.17, 15) is 32.8 Å². The number of benzene rings is 3. The normalized spacial score (nSPS) is 18.9. The summed E-state index contributed by atoms with van der Waals surface area (Å²) in [5.41, 5.74) is 1.26. The Hall–Kier alpha value is -5.09. The molecular weight excluding hydrogens is 728 g/mol. The van der Waals surface area contributed by atoms with E-state index in [0.29, 0.717) is 38.3 Å². The molecule has 0 aliphatic carbocycles. The summed E-state index contributed by atoms with van der Waals surface area (Å²) in [5, 5.41) is 10.6. The van der Waals surface area contributed by atoms with Gasteiger partial charge in [0.25, 0.3) is 0 Å². The number of nitrogens with zero attached hydrogens (tertiary/aromatic N) is 1. The molecule has 2 aliphatic rings. The molecule has 2 aliphatic heterocycles. The van der Waals surface area contributed by atoms with Crippen LogP contribution in [0.5, 0.6) is 0 Å². The lowest BCUT2D eigenvalue weighted by Crippen LogP contribution is -2.60. The van der Waals surface area contributed by atoms with Crippen LogP contribution in [-0.2, 0) is 57.4 Å². The van der Waals surface area contributed by atoms with Crippen LogP contribution in [0.15, 0.2) is 91.0 Å². The van der Waals surface area contributed by atoms with Crippen LogP contribution in [0.2, 0.25) is 0 Å². The van der Waals surface area contributed by atoms with Crippen LogP contribution < -0.4 is 21.3 Å². The number of ketones is 1. The van der Waals surface area contributed by atoms with E-state index in [0.717, 1.165) is 11.1 Å². The number of hydrogen-bond acceptors (Lipinski definition) is 9. The first-order chi connectivity index (χ1) is 27.0. The monoisotopic (exact) mass is 777 g/mol. The van der Waals surface area contributed by atoms with Crippen molar-refractivity contribution in [1.29, 1.82) is 0 Å². The average Bonchev–Trinajstić information content (AvgIpc) is 3.96. The summed E-state index contributed by atoms with van der Waals surface area (Å²) in [5.74, 6) is -3.28. The van der Waals surface area contributed by atoms with Gasteiger partial charge in [-0.25, -0.2) is 0 Å². The predicted molar refractivity (Wildman–Crippen MR) is 201 cm³/mol. The molecule has 0 saturated carbocycles. The lowest BCUT2D eigenvalue weighted by molar-refractivity contribution is -0.148. The molecule has 5 atom stereocenters. The van der Waals surface area contributed by atoms with Crippen molar-refractivity contribution in [2.24, 2.45) is 0 Å². The molecule has 4 N–H and O–H groups in total. The highest BCUT2D eigenvalue weighted by molar-refractivity contribution is 5.99. The van der Waals surface area contributed by atoms with Crippen LogP contribution in [0.3, 0.4) is 0 Å². The maximum absolute atomic E-state index is 14.0. The Labute approximate surface area is 324 Å². The second-order valence-electron chi connectivity index (χ2n) is 14.1. The van der Waals surface area contributed by atoms with Gasteiger partial charge in [0, 0.05) is 19.5 Å². The molecule has 2 saturated heterocycles. The van der Waals surface area contributed by atoms with Gasteiger partial charge in [-0.1, -0.05) is 91.0 Å². The molecular formula is C41H49F2N5O8. The molecule has 0 radical (unpaired) electrons. The molecule has 56 heavy (non-hydrogen) atoms. The minimum absolute atomic E-state index is 0.00616. The number of rotatable bonds is 21. The number of epoxide rings is 1. The molecule has 13 nitrogen and oxygen atoms in total. The maximum Gasteiger partial charge on any atom is 0.345 e. The SMILES string of the molecule is C[C@]1(C(=O)[C@H](Cc2ccccc2)NC(=O)[C@H](Cc2ccccc2)NC(=O)[C@H](COC(F)F)NC(=O)C(CCc2ccccc2)NC(=O)CN2CCOCC2)CO1. The molecule has 300 valence electrons. The van der Waals surface area contributed by atoms with E-state index in [2.05, 4.69) is 26.0 Å². The fraction of sp³-hybridized carbons (Fsp3) is 0.439. The Kier molecular flexibility index (Phi) is 15.6. The average molecular weight is 778 g/mol. The lowest BCUT2D eigenvalue weighted by Gasteiger charge is -2.28. The third-order valence-electron chi connectivity index (χ3n) is 9.64. The van der Waals surface area contributed by atoms with Crippen molar-refractivity contribution in [1.82, 2.24) is 26.2 Å². The molecule has 3 aromatic rings. The number of carbonyl (C=O) groups is 5. The molecule has 1 unspecified atom stereocenters. The fourth-order valence-electron chi connectivity index (χ4n) is 6.33. The molecule has 4 amide bonds. The Morgan fingerprint density at radius 3 is 1.73 bits per heavy atom. The minimum atomic E-state index is -3.27. The predicted octanol–water partition coefficient (Wildman–Crippen LogP) is 1.97. The standard InChI is InChI=1S/C41H49F2N5O8/c1-41(27-56-41)36(50)32(23-29-13-7-3-8-14-29)45-38(52)33(24-30-15-9-4-10-16-30)46-39(53)34(26-55-40(42)43)47-37(51)31(18-17-28-11-5-2-6-12-28)44-35(49)25-48-19-21-54-22-20-48/h2-16,31-34,40H,17-27H2,1H3,(H,44,49)(H,45,52)(H,46,53)(H,47,51)/t31?,32-,33-,34-,41+/m0/s1. The zero-order valence-electron chi connectivity index (χ0n) is 31.3. The van der Waals surface area contributed by atoms with Gasteiger partial charge in [-0.2, -0.15) is 8.78 Å². The van der Waals surface area contributed by atoms with Crippen LogP contribution in [-0.4, -0.2) is 117 Å². The lowest BCUT2D eigenvalue weighted by atomic mass is 9.94. The van der Waals surface area contributed by atoms with Gasteiger partial charge in [0.2, 0.25) is 23.6 Å². The Morgan fingerprint density at radius 2 is 1.18 bits per heavy atom. The topological polar surface area (TPSA) is 168 Å². The van der Waals surface area contributed by atoms with Gasteiger partial charge in [0.15, 0.2) is 5.78 Å². The van der Waals surface area contributed by atoms with E-state index in [4.69, 9.17) is 9.47 Å². The van der Waals surface area contributed by atoms with Gasteiger partial charge in [0.1, 0.15) is 23.7 Å². The molecule has 2 fully saturated rings. The summed E-state index contributed by atoms with van der Waals surface area (Å²) >= 11 is 0. The number of hydrogen-bond donors (Lipinski definition) is 4. The first kappa shape index (κ1) is 42.1. The van der Waals surface area contributed by atoms with Gasteiger partial charge in [-0.05, 0) is 42.9 Å². The summed E-state index contributed by atoms with van der Waals surface area (Å²) in [6.07, 6.45) is 0.631. The van der Waals surface area contributed by atoms with Gasteiger partial charge in [0.05, 0.1) is 39.0 Å². The summed E-state index contributed by atoms with van der Waals surface area (Å²) in [6.45, 7) is -0.371. The van der Waals surface area contributed by atoms with E-state index in [1.54, 1.807) is 37.3 Å². The summed E-state index contributed by atoms with van der Waals surface area (Å²) < 4.78 is 42.0. The highest BCUT2D eigenvalue weighted by Crippen LogP contribution is 2.29. The van der Waals surface area contributed by atoms with Gasteiger partial charge in [-0.15, -0.1) is 0 Å². The van der Waals surface area contributed by atoms with Crippen LogP contribution in [0.25, 0.3) is 0 Å². The molecule has 0 aromatic heterocycles. The fourth-order valence-corrected chi connectivity index (χ4v) is 6.33. The minimum Gasteiger partial charge on any atom is -0.379 e. The third-order valence-corrected chi connectivity index (χ3v) is 9.64. The second kappa shape index (κ2) is 20.7. The van der Waals surface area contributed by atoms with Crippen molar-refractivity contribution >= 4 is 29.4 Å². The maximum atomic E-state index is 14.0. The Bertz CT molecular complexity index is 1740. The number of carbonyl (C=O) groups excluding carboxylic acids is 5. The number of morpholine rings is 1. The quantitative estimate of drug-likeness (QED) is 0.118. The number of ether oxygens (including phenoxy) is 3. The number of alkyl halides is 2. The molecule has 15 heteroatoms. The van der Waals surface area contributed by atoms with E-state index < -0.39 is 66.6 Å². The molecule has 0 spiro atoms. The highest BCUT2D eigenvalue weighted by atomic mass is 19.3. The number of amides is 4. The van der Waals surface area contributed by atoms with Crippen molar-refractivity contribution in [2.75, 3.05) is 46.1 Å². The number of halogens is 2. The third kappa shape index (κ3) is 13.3. The molecule has 2 heterocycles. The second-order valence-corrected chi connectivity index (χ2v) is 14.1. The van der Waals surface area contributed by atoms with Crippen LogP contribution in [0, 0.1) is 0 Å². The summed E-state index contributed by atoms with van der Waals surface area (Å²) in [7, 11) is 0. The van der Waals surface area contributed by atoms with E-state index in [1.807, 2.05) is 65.6 Å².